The second-order valence-corrected chi connectivity index (χ2v) is 6.53. The van der Waals surface area contributed by atoms with Crippen LogP contribution in [0.15, 0.2) is 4.52 Å². The summed E-state index contributed by atoms with van der Waals surface area (Å²) in [6.45, 7) is 7.41. The van der Waals surface area contributed by atoms with E-state index in [-0.39, 0.29) is 11.5 Å². The van der Waals surface area contributed by atoms with Crippen LogP contribution >= 0.6 is 0 Å². The minimum atomic E-state index is 0.0373. The van der Waals surface area contributed by atoms with E-state index >= 15 is 0 Å². The lowest BCUT2D eigenvalue weighted by Gasteiger charge is -2.35. The molecule has 1 aromatic heterocycles. The summed E-state index contributed by atoms with van der Waals surface area (Å²) in [6, 6.07) is 0.247. The first-order valence-corrected chi connectivity index (χ1v) is 7.52. The molecule has 0 aliphatic carbocycles. The van der Waals surface area contributed by atoms with E-state index in [0.717, 1.165) is 57.3 Å². The monoisotopic (exact) mass is 279 g/mol. The quantitative estimate of drug-likeness (QED) is 0.857. The van der Waals surface area contributed by atoms with Gasteiger partial charge in [-0.2, -0.15) is 4.98 Å². The largest absolute Gasteiger partial charge is 0.339 e. The Bertz CT molecular complexity index is 454. The number of hydrogen-bond donors (Lipinski definition) is 1. The Morgan fingerprint density at radius 2 is 2.00 bits per heavy atom. The Balaban J connectivity index is 1.79. The summed E-state index contributed by atoms with van der Waals surface area (Å²) < 4.78 is 5.61. The van der Waals surface area contributed by atoms with Crippen LogP contribution in [0.2, 0.25) is 0 Å². The molecule has 112 valence electrons. The molecule has 2 saturated heterocycles. The highest BCUT2D eigenvalue weighted by atomic mass is 16.5. The zero-order chi connectivity index (χ0) is 14.2. The third kappa shape index (κ3) is 2.60. The Morgan fingerprint density at radius 1 is 1.25 bits per heavy atom. The highest BCUT2D eigenvalue weighted by Crippen LogP contribution is 2.32. The van der Waals surface area contributed by atoms with E-state index in [0.29, 0.717) is 0 Å². The molecule has 1 N–H and O–H groups in total. The van der Waals surface area contributed by atoms with Gasteiger partial charge in [-0.05, 0) is 40.0 Å². The van der Waals surface area contributed by atoms with Crippen LogP contribution in [0.25, 0.3) is 0 Å². The number of hydrogen-bond acceptors (Lipinski definition) is 6. The normalized spacial score (nSPS) is 28.6. The summed E-state index contributed by atoms with van der Waals surface area (Å²) in [6.07, 6.45) is 2.13. The maximum atomic E-state index is 5.61. The number of piperidine rings is 1. The van der Waals surface area contributed by atoms with Crippen LogP contribution < -0.4 is 5.32 Å². The highest BCUT2D eigenvalue weighted by Gasteiger charge is 2.36. The molecule has 2 fully saturated rings. The third-order valence-electron chi connectivity index (χ3n) is 4.81. The average molecular weight is 279 g/mol. The van der Waals surface area contributed by atoms with Gasteiger partial charge in [-0.3, -0.25) is 4.90 Å². The van der Waals surface area contributed by atoms with Crippen LogP contribution in [0.1, 0.15) is 37.5 Å². The molecule has 0 amide bonds. The number of likely N-dealkylation sites (N-methyl/N-ethyl adjacent to an activating group) is 2. The zero-order valence-corrected chi connectivity index (χ0v) is 12.7. The second-order valence-electron chi connectivity index (χ2n) is 6.53. The second kappa shape index (κ2) is 5.42. The molecular weight excluding hydrogens is 254 g/mol. The molecule has 6 nitrogen and oxygen atoms in total. The molecule has 0 saturated carbocycles. The smallest absolute Gasteiger partial charge is 0.232 e. The van der Waals surface area contributed by atoms with Crippen molar-refractivity contribution in [2.75, 3.05) is 46.8 Å². The van der Waals surface area contributed by atoms with Gasteiger partial charge in [0.2, 0.25) is 5.89 Å². The van der Waals surface area contributed by atoms with E-state index in [1.165, 1.54) is 0 Å². The first-order valence-electron chi connectivity index (χ1n) is 7.52. The minimum absolute atomic E-state index is 0.0373. The molecule has 6 heteroatoms. The van der Waals surface area contributed by atoms with Crippen LogP contribution in [-0.2, 0) is 5.41 Å². The Hall–Kier alpha value is -0.980. The van der Waals surface area contributed by atoms with Crippen molar-refractivity contribution in [1.82, 2.24) is 25.3 Å². The maximum Gasteiger partial charge on any atom is 0.232 e. The summed E-state index contributed by atoms with van der Waals surface area (Å²) in [5, 5.41) is 7.66. The van der Waals surface area contributed by atoms with Gasteiger partial charge >= 0.3 is 0 Å². The fraction of sp³-hybridized carbons (Fsp3) is 0.857. The van der Waals surface area contributed by atoms with Gasteiger partial charge in [0.15, 0.2) is 5.82 Å². The maximum absolute atomic E-state index is 5.61. The molecular formula is C14H25N5O. The van der Waals surface area contributed by atoms with Gasteiger partial charge in [-0.15, -0.1) is 0 Å². The molecule has 0 aromatic carbocycles. The molecule has 1 atom stereocenters. The van der Waals surface area contributed by atoms with E-state index in [9.17, 15) is 0 Å². The van der Waals surface area contributed by atoms with E-state index in [2.05, 4.69) is 41.3 Å². The number of rotatable bonds is 2. The predicted octanol–water partition coefficient (Wildman–Crippen LogP) is 0.629. The van der Waals surface area contributed by atoms with Crippen molar-refractivity contribution < 1.29 is 4.52 Å². The lowest BCUT2D eigenvalue weighted by molar-refractivity contribution is 0.108. The highest BCUT2D eigenvalue weighted by molar-refractivity contribution is 5.07. The molecule has 0 bridgehead atoms. The number of piperazine rings is 1. The SMILES string of the molecule is CN1CCN(C)C(c2noc(C3(C)CCNCC3)n2)C1. The molecule has 1 unspecified atom stereocenters. The Kier molecular flexibility index (Phi) is 3.79. The first-order chi connectivity index (χ1) is 9.58. The fourth-order valence-electron chi connectivity index (χ4n) is 3.10. The van der Waals surface area contributed by atoms with Gasteiger partial charge in [0, 0.05) is 25.0 Å². The van der Waals surface area contributed by atoms with Crippen molar-refractivity contribution in [2.45, 2.75) is 31.2 Å². The van der Waals surface area contributed by atoms with Crippen LogP contribution in [0, 0.1) is 0 Å². The summed E-state index contributed by atoms with van der Waals surface area (Å²) in [5.74, 6) is 1.66. The van der Waals surface area contributed by atoms with E-state index < -0.39 is 0 Å². The molecule has 0 spiro atoms. The van der Waals surface area contributed by atoms with Gasteiger partial charge in [0.1, 0.15) is 0 Å². The Morgan fingerprint density at radius 3 is 2.75 bits per heavy atom. The van der Waals surface area contributed by atoms with Gasteiger partial charge in [0.05, 0.1) is 6.04 Å². The number of aromatic nitrogens is 2. The van der Waals surface area contributed by atoms with E-state index in [4.69, 9.17) is 9.51 Å². The standard InChI is InChI=1S/C14H25N5O/c1-14(4-6-15-7-5-14)13-16-12(17-20-13)11-10-18(2)8-9-19(11)3/h11,15H,4-10H2,1-3H3. The van der Waals surface area contributed by atoms with Crippen LogP contribution in [0.4, 0.5) is 0 Å². The minimum Gasteiger partial charge on any atom is -0.339 e. The van der Waals surface area contributed by atoms with E-state index in [1.54, 1.807) is 0 Å². The Labute approximate surface area is 120 Å². The van der Waals surface area contributed by atoms with Crippen LogP contribution in [-0.4, -0.2) is 66.8 Å². The molecule has 0 radical (unpaired) electrons. The first kappa shape index (κ1) is 14.0. The van der Waals surface area contributed by atoms with Crippen molar-refractivity contribution >= 4 is 0 Å². The van der Waals surface area contributed by atoms with Crippen molar-refractivity contribution in [3.05, 3.63) is 11.7 Å². The van der Waals surface area contributed by atoms with Gasteiger partial charge in [0.25, 0.3) is 0 Å². The van der Waals surface area contributed by atoms with Crippen molar-refractivity contribution in [2.24, 2.45) is 0 Å². The van der Waals surface area contributed by atoms with Gasteiger partial charge in [-0.1, -0.05) is 12.1 Å². The predicted molar refractivity (Wildman–Crippen MR) is 76.6 cm³/mol. The van der Waals surface area contributed by atoms with Gasteiger partial charge < -0.3 is 14.7 Å². The summed E-state index contributed by atoms with van der Waals surface area (Å²) in [4.78, 5) is 9.39. The van der Waals surface area contributed by atoms with Crippen molar-refractivity contribution in [3.8, 4) is 0 Å². The van der Waals surface area contributed by atoms with Crippen molar-refractivity contribution in [3.63, 3.8) is 0 Å². The molecule has 20 heavy (non-hydrogen) atoms. The molecule has 1 aromatic rings. The summed E-state index contributed by atoms with van der Waals surface area (Å²) in [7, 11) is 4.29. The molecule has 3 heterocycles. The fourth-order valence-corrected chi connectivity index (χ4v) is 3.10. The molecule has 3 rings (SSSR count). The number of nitrogens with one attached hydrogen (secondary N) is 1. The van der Waals surface area contributed by atoms with Gasteiger partial charge in [-0.25, -0.2) is 0 Å². The summed E-state index contributed by atoms with van der Waals surface area (Å²) in [5.41, 5.74) is 0.0373. The lowest BCUT2D eigenvalue weighted by atomic mass is 9.81. The lowest BCUT2D eigenvalue weighted by Crippen LogP contribution is -2.45. The third-order valence-corrected chi connectivity index (χ3v) is 4.81. The molecule has 2 aliphatic rings. The van der Waals surface area contributed by atoms with Crippen molar-refractivity contribution in [1.29, 1.82) is 0 Å². The van der Waals surface area contributed by atoms with E-state index in [1.807, 2.05) is 0 Å². The zero-order valence-electron chi connectivity index (χ0n) is 12.7. The number of nitrogens with zero attached hydrogens (tertiary/aromatic N) is 4. The van der Waals surface area contributed by atoms with Crippen LogP contribution in [0.5, 0.6) is 0 Å². The summed E-state index contributed by atoms with van der Waals surface area (Å²) >= 11 is 0. The van der Waals surface area contributed by atoms with Crippen LogP contribution in [0.3, 0.4) is 0 Å². The average Bonchev–Trinajstić information content (AvgIpc) is 2.93. The molecule has 2 aliphatic heterocycles. The topological polar surface area (TPSA) is 57.4 Å².